The molecular weight excluding hydrogens is 198 g/mol. The van der Waals surface area contributed by atoms with Crippen molar-refractivity contribution in [3.05, 3.63) is 28.3 Å². The van der Waals surface area contributed by atoms with E-state index in [1.165, 1.54) is 12.1 Å². The molecule has 0 saturated carbocycles. The third kappa shape index (κ3) is 2.81. The van der Waals surface area contributed by atoms with Crippen LogP contribution in [0.1, 0.15) is 6.92 Å². The van der Waals surface area contributed by atoms with Gasteiger partial charge in [-0.05, 0) is 19.1 Å². The Morgan fingerprint density at radius 1 is 1.60 bits per heavy atom. The summed E-state index contributed by atoms with van der Waals surface area (Å²) in [4.78, 5) is 10.1. The lowest BCUT2D eigenvalue weighted by Crippen LogP contribution is -2.23. The SMILES string of the molecule is C[C@H](N)COc1cccc(N)c1[N+](=O)[O-]. The molecule has 6 heteroatoms. The lowest BCUT2D eigenvalue weighted by molar-refractivity contribution is -0.384. The number of nitro benzene ring substituents is 1. The van der Waals surface area contributed by atoms with Crippen LogP contribution in [0.2, 0.25) is 0 Å². The molecule has 1 aromatic rings. The molecule has 0 aliphatic rings. The van der Waals surface area contributed by atoms with Gasteiger partial charge in [0.2, 0.25) is 0 Å². The molecular formula is C9H13N3O3. The highest BCUT2D eigenvalue weighted by Crippen LogP contribution is 2.32. The first-order valence-corrected chi connectivity index (χ1v) is 4.43. The van der Waals surface area contributed by atoms with E-state index < -0.39 is 4.92 Å². The molecule has 1 rings (SSSR count). The van der Waals surface area contributed by atoms with Gasteiger partial charge in [-0.2, -0.15) is 0 Å². The fraction of sp³-hybridized carbons (Fsp3) is 0.333. The molecule has 0 unspecified atom stereocenters. The van der Waals surface area contributed by atoms with Crippen molar-refractivity contribution in [3.63, 3.8) is 0 Å². The summed E-state index contributed by atoms with van der Waals surface area (Å²) in [5.74, 6) is 0.150. The minimum absolute atomic E-state index is 0.0853. The molecule has 0 spiro atoms. The van der Waals surface area contributed by atoms with Crippen molar-refractivity contribution in [2.24, 2.45) is 5.73 Å². The predicted octanol–water partition coefficient (Wildman–Crippen LogP) is 0.903. The summed E-state index contributed by atoms with van der Waals surface area (Å²) in [6, 6.07) is 4.36. The minimum atomic E-state index is -0.564. The van der Waals surface area contributed by atoms with Gasteiger partial charge in [-0.15, -0.1) is 0 Å². The standard InChI is InChI=1S/C9H13N3O3/c1-6(10)5-15-8-4-2-3-7(11)9(8)12(13)14/h2-4,6H,5,10-11H2,1H3/t6-/m0/s1. The Morgan fingerprint density at radius 3 is 2.80 bits per heavy atom. The van der Waals surface area contributed by atoms with Crippen LogP contribution >= 0.6 is 0 Å². The molecule has 0 heterocycles. The van der Waals surface area contributed by atoms with Gasteiger partial charge in [-0.25, -0.2) is 0 Å². The number of nitro groups is 1. The van der Waals surface area contributed by atoms with E-state index in [0.29, 0.717) is 0 Å². The molecule has 1 atom stereocenters. The molecule has 1 aromatic carbocycles. The van der Waals surface area contributed by atoms with E-state index in [9.17, 15) is 10.1 Å². The summed E-state index contributed by atoms with van der Waals surface area (Å²) in [6.07, 6.45) is 0. The van der Waals surface area contributed by atoms with E-state index in [2.05, 4.69) is 0 Å². The number of para-hydroxylation sites is 1. The van der Waals surface area contributed by atoms with Crippen molar-refractivity contribution >= 4 is 11.4 Å². The molecule has 0 amide bonds. The molecule has 0 aromatic heterocycles. The number of nitrogens with two attached hydrogens (primary N) is 2. The zero-order valence-corrected chi connectivity index (χ0v) is 8.34. The lowest BCUT2D eigenvalue weighted by atomic mass is 10.2. The summed E-state index contributed by atoms with van der Waals surface area (Å²) in [5, 5.41) is 10.7. The Hall–Kier alpha value is -1.82. The normalized spacial score (nSPS) is 12.1. The van der Waals surface area contributed by atoms with Gasteiger partial charge in [-0.1, -0.05) is 6.07 Å². The zero-order valence-electron chi connectivity index (χ0n) is 8.34. The Balaban J connectivity index is 2.96. The smallest absolute Gasteiger partial charge is 0.333 e. The first-order chi connectivity index (χ1) is 7.02. The molecule has 0 aliphatic heterocycles. The predicted molar refractivity (Wildman–Crippen MR) is 56.7 cm³/mol. The monoisotopic (exact) mass is 211 g/mol. The highest BCUT2D eigenvalue weighted by molar-refractivity contribution is 5.65. The van der Waals surface area contributed by atoms with Crippen molar-refractivity contribution in [1.29, 1.82) is 0 Å². The van der Waals surface area contributed by atoms with Crippen molar-refractivity contribution < 1.29 is 9.66 Å². The summed E-state index contributed by atoms with van der Waals surface area (Å²) in [5.41, 5.74) is 10.8. The average Bonchev–Trinajstić information content (AvgIpc) is 2.13. The molecule has 0 radical (unpaired) electrons. The van der Waals surface area contributed by atoms with Crippen LogP contribution in [0.3, 0.4) is 0 Å². The maximum absolute atomic E-state index is 10.7. The molecule has 82 valence electrons. The largest absolute Gasteiger partial charge is 0.485 e. The van der Waals surface area contributed by atoms with Crippen LogP contribution in [0, 0.1) is 10.1 Å². The number of hydrogen-bond donors (Lipinski definition) is 2. The zero-order chi connectivity index (χ0) is 11.4. The number of ether oxygens (including phenoxy) is 1. The molecule has 6 nitrogen and oxygen atoms in total. The number of nitrogens with zero attached hydrogens (tertiary/aromatic N) is 1. The van der Waals surface area contributed by atoms with E-state index >= 15 is 0 Å². The Kier molecular flexibility index (Phi) is 3.46. The minimum Gasteiger partial charge on any atom is -0.485 e. The fourth-order valence-electron chi connectivity index (χ4n) is 1.07. The molecule has 0 aliphatic carbocycles. The van der Waals surface area contributed by atoms with Crippen LogP contribution in [0.15, 0.2) is 18.2 Å². The molecule has 15 heavy (non-hydrogen) atoms. The van der Waals surface area contributed by atoms with E-state index in [1.807, 2.05) is 0 Å². The van der Waals surface area contributed by atoms with Crippen LogP contribution in [-0.2, 0) is 0 Å². The average molecular weight is 211 g/mol. The van der Waals surface area contributed by atoms with Gasteiger partial charge >= 0.3 is 5.69 Å². The fourth-order valence-corrected chi connectivity index (χ4v) is 1.07. The van der Waals surface area contributed by atoms with Gasteiger partial charge < -0.3 is 16.2 Å². The number of hydrogen-bond acceptors (Lipinski definition) is 5. The van der Waals surface area contributed by atoms with Crippen LogP contribution in [0.5, 0.6) is 5.75 Å². The van der Waals surface area contributed by atoms with Gasteiger partial charge in [0.1, 0.15) is 12.3 Å². The molecule has 4 N–H and O–H groups in total. The van der Waals surface area contributed by atoms with E-state index in [4.69, 9.17) is 16.2 Å². The highest BCUT2D eigenvalue weighted by Gasteiger charge is 2.18. The maximum Gasteiger partial charge on any atom is 0.333 e. The summed E-state index contributed by atoms with van der Waals surface area (Å²) in [7, 11) is 0. The third-order valence-electron chi connectivity index (χ3n) is 1.71. The highest BCUT2D eigenvalue weighted by atomic mass is 16.6. The second kappa shape index (κ2) is 4.61. The second-order valence-electron chi connectivity index (χ2n) is 3.24. The van der Waals surface area contributed by atoms with Crippen molar-refractivity contribution in [3.8, 4) is 5.75 Å². The van der Waals surface area contributed by atoms with Crippen LogP contribution in [-0.4, -0.2) is 17.6 Å². The molecule has 0 fully saturated rings. The second-order valence-corrected chi connectivity index (χ2v) is 3.24. The lowest BCUT2D eigenvalue weighted by Gasteiger charge is -2.09. The first kappa shape index (κ1) is 11.3. The Bertz CT molecular complexity index is 366. The quantitative estimate of drug-likeness (QED) is 0.437. The van der Waals surface area contributed by atoms with Gasteiger partial charge in [0, 0.05) is 6.04 Å². The van der Waals surface area contributed by atoms with Gasteiger partial charge in [-0.3, -0.25) is 10.1 Å². The van der Waals surface area contributed by atoms with Crippen molar-refractivity contribution in [2.75, 3.05) is 12.3 Å². The molecule has 0 saturated heterocycles. The van der Waals surface area contributed by atoms with E-state index in [1.54, 1.807) is 13.0 Å². The molecule has 0 bridgehead atoms. The van der Waals surface area contributed by atoms with Gasteiger partial charge in [0.15, 0.2) is 5.75 Å². The van der Waals surface area contributed by atoms with Crippen molar-refractivity contribution in [1.82, 2.24) is 0 Å². The first-order valence-electron chi connectivity index (χ1n) is 4.43. The number of anilines is 1. The Labute approximate surface area is 87.0 Å². The summed E-state index contributed by atoms with van der Waals surface area (Å²) >= 11 is 0. The number of nitrogen functional groups attached to an aromatic ring is 1. The van der Waals surface area contributed by atoms with Crippen LogP contribution < -0.4 is 16.2 Å². The number of rotatable bonds is 4. The topological polar surface area (TPSA) is 104 Å². The maximum atomic E-state index is 10.7. The number of benzene rings is 1. The van der Waals surface area contributed by atoms with Crippen LogP contribution in [0.25, 0.3) is 0 Å². The summed E-state index contributed by atoms with van der Waals surface area (Å²) < 4.78 is 5.19. The van der Waals surface area contributed by atoms with Gasteiger partial charge in [0.05, 0.1) is 4.92 Å². The van der Waals surface area contributed by atoms with E-state index in [-0.39, 0.29) is 29.8 Å². The van der Waals surface area contributed by atoms with Gasteiger partial charge in [0.25, 0.3) is 0 Å². The Morgan fingerprint density at radius 2 is 2.27 bits per heavy atom. The van der Waals surface area contributed by atoms with Crippen LogP contribution in [0.4, 0.5) is 11.4 Å². The summed E-state index contributed by atoms with van der Waals surface area (Å²) in [6.45, 7) is 1.96. The van der Waals surface area contributed by atoms with Crippen molar-refractivity contribution in [2.45, 2.75) is 13.0 Å². The van der Waals surface area contributed by atoms with E-state index in [0.717, 1.165) is 0 Å². The third-order valence-corrected chi connectivity index (χ3v) is 1.71.